The second-order valence-corrected chi connectivity index (χ2v) is 7.64. The molecule has 2 N–H and O–H groups in total. The van der Waals surface area contributed by atoms with Gasteiger partial charge >= 0.3 is 0 Å². The largest absolute Gasteiger partial charge is 0.326 e. The van der Waals surface area contributed by atoms with Crippen molar-refractivity contribution in [3.63, 3.8) is 0 Å². The standard InChI is InChI=1S/C16H17N7O2S2/c1-10-19-21-15(27-10)18-14(25)9-26-16-22-20-12(23(16)2)8-13(24)17-11-6-4-3-5-7-11/h3-7H,8-9H2,1-2H3,(H,17,24)(H,18,21,25). The Morgan fingerprint density at radius 2 is 1.85 bits per heavy atom. The van der Waals surface area contributed by atoms with Crippen molar-refractivity contribution in [1.82, 2.24) is 25.0 Å². The SMILES string of the molecule is Cc1nnc(NC(=O)CSc2nnc(CC(=O)Nc3ccccc3)n2C)s1. The van der Waals surface area contributed by atoms with E-state index in [-0.39, 0.29) is 24.0 Å². The first-order chi connectivity index (χ1) is 13.0. The minimum absolute atomic E-state index is 0.0925. The van der Waals surface area contributed by atoms with Gasteiger partial charge in [-0.15, -0.1) is 20.4 Å². The number of anilines is 2. The Labute approximate surface area is 163 Å². The van der Waals surface area contributed by atoms with E-state index in [0.29, 0.717) is 16.1 Å². The Kier molecular flexibility index (Phi) is 6.14. The molecule has 2 aromatic heterocycles. The number of carbonyl (C=O) groups excluding carboxylic acids is 2. The second kappa shape index (κ2) is 8.73. The Morgan fingerprint density at radius 1 is 1.07 bits per heavy atom. The maximum absolute atomic E-state index is 12.1. The number of hydrogen-bond acceptors (Lipinski definition) is 8. The van der Waals surface area contributed by atoms with Gasteiger partial charge in [-0.2, -0.15) is 0 Å². The zero-order valence-corrected chi connectivity index (χ0v) is 16.3. The summed E-state index contributed by atoms with van der Waals surface area (Å²) in [5.74, 6) is 0.284. The average molecular weight is 403 g/mol. The highest BCUT2D eigenvalue weighted by molar-refractivity contribution is 7.99. The lowest BCUT2D eigenvalue weighted by Crippen LogP contribution is -2.17. The molecule has 2 heterocycles. The number of rotatable bonds is 7. The molecule has 9 nitrogen and oxygen atoms in total. The zero-order chi connectivity index (χ0) is 19.2. The van der Waals surface area contributed by atoms with Crippen LogP contribution in [0.3, 0.4) is 0 Å². The normalized spacial score (nSPS) is 10.6. The molecule has 0 saturated heterocycles. The van der Waals surface area contributed by atoms with Crippen molar-refractivity contribution >= 4 is 45.7 Å². The second-order valence-electron chi connectivity index (χ2n) is 5.51. The first-order valence-corrected chi connectivity index (χ1v) is 9.77. The van der Waals surface area contributed by atoms with Crippen molar-refractivity contribution in [3.05, 3.63) is 41.2 Å². The van der Waals surface area contributed by atoms with E-state index >= 15 is 0 Å². The van der Waals surface area contributed by atoms with Gasteiger partial charge < -0.3 is 9.88 Å². The number of nitrogens with zero attached hydrogens (tertiary/aromatic N) is 5. The van der Waals surface area contributed by atoms with E-state index in [4.69, 9.17) is 0 Å². The van der Waals surface area contributed by atoms with Gasteiger partial charge in [0, 0.05) is 12.7 Å². The number of hydrogen-bond donors (Lipinski definition) is 2. The molecule has 0 atom stereocenters. The number of benzene rings is 1. The van der Waals surface area contributed by atoms with Crippen LogP contribution in [0.5, 0.6) is 0 Å². The van der Waals surface area contributed by atoms with Crippen LogP contribution in [0.1, 0.15) is 10.8 Å². The van der Waals surface area contributed by atoms with Crippen LogP contribution >= 0.6 is 23.1 Å². The molecule has 0 radical (unpaired) electrons. The number of carbonyl (C=O) groups is 2. The van der Waals surface area contributed by atoms with Gasteiger partial charge in [0.1, 0.15) is 10.8 Å². The summed E-state index contributed by atoms with van der Waals surface area (Å²) in [6, 6.07) is 9.20. The summed E-state index contributed by atoms with van der Waals surface area (Å²) < 4.78 is 1.71. The number of nitrogens with one attached hydrogen (secondary N) is 2. The highest BCUT2D eigenvalue weighted by Crippen LogP contribution is 2.18. The maximum Gasteiger partial charge on any atom is 0.236 e. The van der Waals surface area contributed by atoms with Crippen molar-refractivity contribution in [1.29, 1.82) is 0 Å². The molecule has 0 aliphatic heterocycles. The monoisotopic (exact) mass is 403 g/mol. The number of amides is 2. The lowest BCUT2D eigenvalue weighted by molar-refractivity contribution is -0.116. The fraction of sp³-hybridized carbons (Fsp3) is 0.250. The molecule has 0 fully saturated rings. The fourth-order valence-electron chi connectivity index (χ4n) is 2.13. The lowest BCUT2D eigenvalue weighted by Gasteiger charge is -2.05. The smallest absolute Gasteiger partial charge is 0.236 e. The molecule has 0 aliphatic carbocycles. The van der Waals surface area contributed by atoms with E-state index in [1.807, 2.05) is 37.3 Å². The van der Waals surface area contributed by atoms with Crippen LogP contribution in [0.25, 0.3) is 0 Å². The molecule has 0 unspecified atom stereocenters. The topological polar surface area (TPSA) is 115 Å². The number of thioether (sulfide) groups is 1. The average Bonchev–Trinajstić information content (AvgIpc) is 3.20. The summed E-state index contributed by atoms with van der Waals surface area (Å²) in [4.78, 5) is 24.1. The molecule has 1 aromatic carbocycles. The van der Waals surface area contributed by atoms with Gasteiger partial charge in [0.15, 0.2) is 5.16 Å². The Morgan fingerprint density at radius 3 is 2.56 bits per heavy atom. The van der Waals surface area contributed by atoms with Crippen molar-refractivity contribution in [2.24, 2.45) is 7.05 Å². The molecule has 0 spiro atoms. The molecule has 0 aliphatic rings. The Bertz CT molecular complexity index is 939. The molecule has 140 valence electrons. The molecule has 0 saturated carbocycles. The molecule has 0 bridgehead atoms. The maximum atomic E-state index is 12.1. The molecule has 11 heteroatoms. The first-order valence-electron chi connectivity index (χ1n) is 7.97. The molecule has 27 heavy (non-hydrogen) atoms. The third-order valence-electron chi connectivity index (χ3n) is 3.41. The predicted octanol–water partition coefficient (Wildman–Crippen LogP) is 1.89. The third kappa shape index (κ3) is 5.34. The van der Waals surface area contributed by atoms with Crippen molar-refractivity contribution in [3.8, 4) is 0 Å². The summed E-state index contributed by atoms with van der Waals surface area (Å²) in [5, 5.41) is 23.1. The van der Waals surface area contributed by atoms with Gasteiger partial charge in [-0.05, 0) is 19.1 Å². The van der Waals surface area contributed by atoms with Crippen LogP contribution in [-0.2, 0) is 23.1 Å². The van der Waals surface area contributed by atoms with E-state index < -0.39 is 0 Å². The first kappa shape index (κ1) is 19.0. The van der Waals surface area contributed by atoms with Crippen LogP contribution in [0, 0.1) is 6.92 Å². The van der Waals surface area contributed by atoms with Crippen LogP contribution in [0.15, 0.2) is 35.5 Å². The number of aryl methyl sites for hydroxylation is 1. The lowest BCUT2D eigenvalue weighted by atomic mass is 10.3. The zero-order valence-electron chi connectivity index (χ0n) is 14.7. The van der Waals surface area contributed by atoms with Crippen LogP contribution < -0.4 is 10.6 Å². The number of aromatic nitrogens is 5. The van der Waals surface area contributed by atoms with Crippen LogP contribution in [0.2, 0.25) is 0 Å². The van der Waals surface area contributed by atoms with Gasteiger partial charge in [0.25, 0.3) is 0 Å². The van der Waals surface area contributed by atoms with Gasteiger partial charge in [-0.3, -0.25) is 14.9 Å². The van der Waals surface area contributed by atoms with Crippen molar-refractivity contribution in [2.75, 3.05) is 16.4 Å². The molecule has 2 amide bonds. The van der Waals surface area contributed by atoms with E-state index in [1.54, 1.807) is 11.6 Å². The molecular formula is C16H17N7O2S2. The van der Waals surface area contributed by atoms with E-state index in [9.17, 15) is 9.59 Å². The van der Waals surface area contributed by atoms with Gasteiger partial charge in [0.05, 0.1) is 12.2 Å². The van der Waals surface area contributed by atoms with Gasteiger partial charge in [-0.1, -0.05) is 41.3 Å². The minimum atomic E-state index is -0.206. The van der Waals surface area contributed by atoms with E-state index in [2.05, 4.69) is 31.0 Å². The quantitative estimate of drug-likeness (QED) is 0.579. The van der Waals surface area contributed by atoms with Gasteiger partial charge in [0.2, 0.25) is 16.9 Å². The van der Waals surface area contributed by atoms with Gasteiger partial charge in [-0.25, -0.2) is 0 Å². The van der Waals surface area contributed by atoms with E-state index in [0.717, 1.165) is 10.7 Å². The highest BCUT2D eigenvalue weighted by atomic mass is 32.2. The van der Waals surface area contributed by atoms with E-state index in [1.165, 1.54) is 23.1 Å². The number of para-hydroxylation sites is 1. The van der Waals surface area contributed by atoms with Crippen LogP contribution in [0.4, 0.5) is 10.8 Å². The predicted molar refractivity (Wildman–Crippen MR) is 104 cm³/mol. The highest BCUT2D eigenvalue weighted by Gasteiger charge is 2.15. The van der Waals surface area contributed by atoms with Crippen LogP contribution in [-0.4, -0.2) is 42.5 Å². The summed E-state index contributed by atoms with van der Waals surface area (Å²) in [6.07, 6.45) is 0.0925. The Hall–Kier alpha value is -2.79. The molecular weight excluding hydrogens is 386 g/mol. The summed E-state index contributed by atoms with van der Waals surface area (Å²) in [7, 11) is 1.76. The third-order valence-corrected chi connectivity index (χ3v) is 5.18. The molecule has 3 aromatic rings. The fourth-order valence-corrected chi connectivity index (χ4v) is 3.47. The summed E-state index contributed by atoms with van der Waals surface area (Å²) >= 11 is 2.55. The molecule has 3 rings (SSSR count). The van der Waals surface area contributed by atoms with Crippen molar-refractivity contribution in [2.45, 2.75) is 18.5 Å². The Balaban J connectivity index is 1.52. The summed E-state index contributed by atoms with van der Waals surface area (Å²) in [6.45, 7) is 1.82. The van der Waals surface area contributed by atoms with Crippen molar-refractivity contribution < 1.29 is 9.59 Å². The summed E-state index contributed by atoms with van der Waals surface area (Å²) in [5.41, 5.74) is 0.725. The minimum Gasteiger partial charge on any atom is -0.326 e.